The molecule has 2 aromatic rings. The lowest BCUT2D eigenvalue weighted by molar-refractivity contribution is -0.137. The number of rotatable bonds is 7. The van der Waals surface area contributed by atoms with E-state index >= 15 is 0 Å². The molecule has 2 aromatic carbocycles. The average molecular weight is 593 g/mol. The Kier molecular flexibility index (Phi) is 6.72. The van der Waals surface area contributed by atoms with Crippen molar-refractivity contribution in [1.29, 1.82) is 0 Å². The molecule has 1 amide bonds. The summed E-state index contributed by atoms with van der Waals surface area (Å²) >= 11 is 0. The van der Waals surface area contributed by atoms with Gasteiger partial charge in [0.25, 0.3) is 0 Å². The van der Waals surface area contributed by atoms with Crippen LogP contribution in [0, 0.1) is 17.7 Å². The predicted molar refractivity (Wildman–Crippen MR) is 144 cm³/mol. The van der Waals surface area contributed by atoms with E-state index in [-0.39, 0.29) is 29.2 Å². The third kappa shape index (κ3) is 4.92. The van der Waals surface area contributed by atoms with Crippen molar-refractivity contribution in [3.63, 3.8) is 0 Å². The Morgan fingerprint density at radius 2 is 1.68 bits per heavy atom. The molecule has 0 unspecified atom stereocenters. The first-order valence-electron chi connectivity index (χ1n) is 13.9. The molecule has 1 saturated heterocycles. The molecule has 7 nitrogen and oxygen atoms in total. The highest BCUT2D eigenvalue weighted by molar-refractivity contribution is 7.89. The molecule has 220 valence electrons. The van der Waals surface area contributed by atoms with Crippen molar-refractivity contribution in [3.05, 3.63) is 65.5 Å². The minimum atomic E-state index is -4.50. The Morgan fingerprint density at radius 3 is 2.29 bits per heavy atom. The molecule has 0 spiro atoms. The van der Waals surface area contributed by atoms with Crippen LogP contribution in [0.4, 0.5) is 17.6 Å². The number of amides is 1. The number of carbonyl (C=O) groups excluding carboxylic acids is 1. The fourth-order valence-electron chi connectivity index (χ4n) is 6.98. The molecule has 2 heterocycles. The summed E-state index contributed by atoms with van der Waals surface area (Å²) in [4.78, 5) is 19.7. The van der Waals surface area contributed by atoms with Crippen LogP contribution in [0.2, 0.25) is 0 Å². The Bertz CT molecular complexity index is 1460. The Hall–Kier alpha value is -2.99. The van der Waals surface area contributed by atoms with Crippen LogP contribution in [-0.4, -0.2) is 60.1 Å². The minimum Gasteiger partial charge on any atom is -0.358 e. The molecule has 2 atom stereocenters. The smallest absolute Gasteiger partial charge is 0.358 e. The van der Waals surface area contributed by atoms with Crippen LogP contribution in [0.3, 0.4) is 0 Å². The highest BCUT2D eigenvalue weighted by Gasteiger charge is 2.63. The number of hydrogen-bond acceptors (Lipinski definition) is 5. The number of alkyl halides is 3. The Balaban J connectivity index is 1.26. The van der Waals surface area contributed by atoms with Crippen LogP contribution in [0.25, 0.3) is 0 Å². The number of amidine groups is 1. The molecular weight excluding hydrogens is 560 g/mol. The van der Waals surface area contributed by atoms with Crippen molar-refractivity contribution in [1.82, 2.24) is 14.5 Å². The molecule has 2 aliphatic heterocycles. The normalized spacial score (nSPS) is 29.4. The van der Waals surface area contributed by atoms with Gasteiger partial charge in [0.05, 0.1) is 17.0 Å². The summed E-state index contributed by atoms with van der Waals surface area (Å²) in [6.45, 7) is 3.52. The number of carbonyl (C=O) groups is 1. The van der Waals surface area contributed by atoms with Gasteiger partial charge in [-0.15, -0.1) is 0 Å². The highest BCUT2D eigenvalue weighted by atomic mass is 32.2. The quantitative estimate of drug-likeness (QED) is 0.477. The first-order valence-corrected chi connectivity index (χ1v) is 15.3. The van der Waals surface area contributed by atoms with E-state index in [1.807, 2.05) is 11.8 Å². The molecule has 4 fully saturated rings. The standard InChI is InChI=1S/C29H32F4N4O3S/c1-27(26(38)36-12-2-3-13-36)18-34-25(35-27)24-16-28(14-20(24)15-28)37(41(39,40)23-10-8-22(30)9-11-23)17-19-4-6-21(7-5-19)29(31,32)33/h4-11,20,24H,2-3,12-18H2,1H3,(H,34,35)/t20?,24-,27+,28?/m0/s1. The van der Waals surface area contributed by atoms with Crippen molar-refractivity contribution in [3.8, 4) is 0 Å². The molecular formula is C29H32F4N4O3S. The Morgan fingerprint density at radius 1 is 1.05 bits per heavy atom. The second-order valence-corrected chi connectivity index (χ2v) is 13.9. The molecule has 0 aromatic heterocycles. The van der Waals surface area contributed by atoms with Crippen molar-refractivity contribution >= 4 is 21.8 Å². The first-order chi connectivity index (χ1) is 19.3. The van der Waals surface area contributed by atoms with Crippen LogP contribution >= 0.6 is 0 Å². The van der Waals surface area contributed by atoms with E-state index in [1.54, 1.807) is 0 Å². The highest BCUT2D eigenvalue weighted by Crippen LogP contribution is 2.60. The number of sulfonamides is 1. The summed E-state index contributed by atoms with van der Waals surface area (Å²) in [6.07, 6.45) is -0.929. The van der Waals surface area contributed by atoms with Gasteiger partial charge in [0, 0.05) is 31.1 Å². The van der Waals surface area contributed by atoms with E-state index in [4.69, 9.17) is 4.99 Å². The second-order valence-electron chi connectivity index (χ2n) is 12.0. The van der Waals surface area contributed by atoms with E-state index in [1.165, 1.54) is 28.6 Å². The van der Waals surface area contributed by atoms with Gasteiger partial charge in [0.15, 0.2) is 0 Å². The van der Waals surface area contributed by atoms with E-state index in [2.05, 4.69) is 5.32 Å². The van der Waals surface area contributed by atoms with Crippen molar-refractivity contribution in [2.24, 2.45) is 16.8 Å². The van der Waals surface area contributed by atoms with Gasteiger partial charge < -0.3 is 10.2 Å². The molecule has 1 N–H and O–H groups in total. The van der Waals surface area contributed by atoms with E-state index in [9.17, 15) is 30.8 Å². The maximum atomic E-state index is 14.0. The third-order valence-corrected chi connectivity index (χ3v) is 11.1. The van der Waals surface area contributed by atoms with Crippen LogP contribution in [0.15, 0.2) is 58.4 Å². The zero-order chi connectivity index (χ0) is 29.2. The van der Waals surface area contributed by atoms with Gasteiger partial charge in [-0.1, -0.05) is 12.1 Å². The number of likely N-dealkylation sites (tertiary alicyclic amines) is 1. The molecule has 0 radical (unpaired) electrons. The number of nitrogens with zero attached hydrogens (tertiary/aromatic N) is 3. The molecule has 12 heteroatoms. The second kappa shape index (κ2) is 9.79. The summed E-state index contributed by atoms with van der Waals surface area (Å²) in [7, 11) is -4.13. The lowest BCUT2D eigenvalue weighted by Gasteiger charge is -2.46. The van der Waals surface area contributed by atoms with Gasteiger partial charge in [-0.2, -0.15) is 17.5 Å². The Labute approximate surface area is 236 Å². The molecule has 2 bridgehead atoms. The minimum absolute atomic E-state index is 0.0247. The van der Waals surface area contributed by atoms with Gasteiger partial charge in [0.2, 0.25) is 15.9 Å². The van der Waals surface area contributed by atoms with Crippen LogP contribution in [0.1, 0.15) is 50.2 Å². The number of nitrogens with one attached hydrogen (secondary N) is 1. The molecule has 7 rings (SSSR count). The number of fused-ring (bicyclic) bond motifs is 1. The van der Waals surface area contributed by atoms with Gasteiger partial charge in [-0.3, -0.25) is 9.79 Å². The largest absolute Gasteiger partial charge is 0.416 e. The van der Waals surface area contributed by atoms with Crippen molar-refractivity contribution in [2.45, 2.75) is 67.7 Å². The maximum absolute atomic E-state index is 14.0. The zero-order valence-corrected chi connectivity index (χ0v) is 23.4. The number of hydrogen-bond donors (Lipinski definition) is 1. The summed E-state index contributed by atoms with van der Waals surface area (Å²) in [5, 5.41) is 3.39. The maximum Gasteiger partial charge on any atom is 0.416 e. The van der Waals surface area contributed by atoms with Crippen molar-refractivity contribution in [2.75, 3.05) is 19.6 Å². The van der Waals surface area contributed by atoms with E-state index in [0.717, 1.165) is 56.0 Å². The lowest BCUT2D eigenvalue weighted by Crippen LogP contribution is -2.56. The van der Waals surface area contributed by atoms with E-state index in [0.29, 0.717) is 31.4 Å². The topological polar surface area (TPSA) is 82.1 Å². The van der Waals surface area contributed by atoms with Crippen LogP contribution in [0.5, 0.6) is 0 Å². The van der Waals surface area contributed by atoms with Crippen molar-refractivity contribution < 1.29 is 30.8 Å². The number of aliphatic imine (C=N–C) groups is 1. The average Bonchev–Trinajstić information content (AvgIpc) is 3.70. The van der Waals surface area contributed by atoms with Gasteiger partial charge in [0.1, 0.15) is 17.2 Å². The molecule has 5 aliphatic rings. The van der Waals surface area contributed by atoms with Gasteiger partial charge >= 0.3 is 6.18 Å². The summed E-state index contributed by atoms with van der Waals surface area (Å²) < 4.78 is 82.4. The molecule has 41 heavy (non-hydrogen) atoms. The summed E-state index contributed by atoms with van der Waals surface area (Å²) in [5.41, 5.74) is -1.99. The monoisotopic (exact) mass is 592 g/mol. The van der Waals surface area contributed by atoms with Crippen LogP contribution in [-0.2, 0) is 27.5 Å². The number of halogens is 4. The van der Waals surface area contributed by atoms with E-state index < -0.39 is 38.7 Å². The van der Waals surface area contributed by atoms with Gasteiger partial charge in [-0.25, -0.2) is 12.8 Å². The van der Waals surface area contributed by atoms with Crippen LogP contribution < -0.4 is 5.32 Å². The molecule has 3 aliphatic carbocycles. The number of benzene rings is 2. The fraction of sp³-hybridized carbons (Fsp3) is 0.517. The predicted octanol–water partition coefficient (Wildman–Crippen LogP) is 4.59. The van der Waals surface area contributed by atoms with Gasteiger partial charge in [-0.05, 0) is 86.9 Å². The molecule has 3 saturated carbocycles. The summed E-state index contributed by atoms with van der Waals surface area (Å²) in [6, 6.07) is 9.08. The lowest BCUT2D eigenvalue weighted by atomic mass is 9.76. The summed E-state index contributed by atoms with van der Waals surface area (Å²) in [5.74, 6) is 0.262. The fourth-order valence-corrected chi connectivity index (χ4v) is 8.77. The first kappa shape index (κ1) is 28.1. The third-order valence-electron chi connectivity index (χ3n) is 9.18. The zero-order valence-electron chi connectivity index (χ0n) is 22.6. The SMILES string of the molecule is C[C@]1(C(=O)N2CCCC2)CN=C([C@H]2CC3(N(Cc4ccc(C(F)(F)F)cc4)S(=O)(=O)c4ccc(F)cc4)CC2C3)N1.